The Kier molecular flexibility index (Phi) is 5.96. The van der Waals surface area contributed by atoms with E-state index in [1.807, 2.05) is 19.9 Å². The first-order valence-corrected chi connectivity index (χ1v) is 7.33. The van der Waals surface area contributed by atoms with Gasteiger partial charge in [0.1, 0.15) is 0 Å². The number of halogens is 3. The Balaban J connectivity index is 2.72. The molecule has 100 valence electrons. The standard InChI is InChI=1S/C13H16BrCl2NO/c1-8(2)12(14)13(18)17(3)7-9-4-5-10(15)11(16)6-9/h4-6,8,12H,7H2,1-3H3. The average Bonchev–Trinajstić information content (AvgIpc) is 2.31. The number of benzene rings is 1. The third-order valence-corrected chi connectivity index (χ3v) is 4.79. The van der Waals surface area contributed by atoms with Crippen LogP contribution < -0.4 is 0 Å². The molecule has 0 fully saturated rings. The molecule has 0 radical (unpaired) electrons. The molecule has 1 amide bonds. The van der Waals surface area contributed by atoms with E-state index in [1.54, 1.807) is 24.1 Å². The molecule has 0 N–H and O–H groups in total. The fourth-order valence-electron chi connectivity index (χ4n) is 1.49. The third kappa shape index (κ3) is 4.15. The van der Waals surface area contributed by atoms with Gasteiger partial charge >= 0.3 is 0 Å². The van der Waals surface area contributed by atoms with Crippen molar-refractivity contribution < 1.29 is 4.79 Å². The lowest BCUT2D eigenvalue weighted by molar-refractivity contribution is -0.130. The molecule has 0 heterocycles. The molecule has 0 saturated carbocycles. The monoisotopic (exact) mass is 351 g/mol. The molecule has 0 aliphatic heterocycles. The maximum Gasteiger partial charge on any atom is 0.236 e. The first kappa shape index (κ1) is 15.8. The summed E-state index contributed by atoms with van der Waals surface area (Å²) >= 11 is 15.2. The van der Waals surface area contributed by atoms with Crippen LogP contribution in [-0.4, -0.2) is 22.7 Å². The molecule has 1 atom stereocenters. The second kappa shape index (κ2) is 6.78. The van der Waals surface area contributed by atoms with Crippen LogP contribution in [0.1, 0.15) is 19.4 Å². The Bertz CT molecular complexity index is 437. The van der Waals surface area contributed by atoms with Crippen molar-refractivity contribution in [1.82, 2.24) is 4.90 Å². The number of rotatable bonds is 4. The molecule has 0 aromatic heterocycles. The summed E-state index contributed by atoms with van der Waals surface area (Å²) in [5.74, 6) is 0.324. The highest BCUT2D eigenvalue weighted by Crippen LogP contribution is 2.23. The first-order chi connectivity index (χ1) is 8.32. The second-order valence-electron chi connectivity index (χ2n) is 4.59. The Hall–Kier alpha value is -0.250. The zero-order valence-electron chi connectivity index (χ0n) is 10.6. The van der Waals surface area contributed by atoms with Crippen molar-refractivity contribution in [3.8, 4) is 0 Å². The summed E-state index contributed by atoms with van der Waals surface area (Å²) in [6.07, 6.45) is 0. The Morgan fingerprint density at radius 1 is 1.33 bits per heavy atom. The molecule has 0 spiro atoms. The van der Waals surface area contributed by atoms with E-state index in [4.69, 9.17) is 23.2 Å². The topological polar surface area (TPSA) is 20.3 Å². The molecule has 0 saturated heterocycles. The van der Waals surface area contributed by atoms with E-state index >= 15 is 0 Å². The number of hydrogen-bond acceptors (Lipinski definition) is 1. The highest BCUT2D eigenvalue weighted by atomic mass is 79.9. The smallest absolute Gasteiger partial charge is 0.236 e. The third-order valence-electron chi connectivity index (χ3n) is 2.60. The lowest BCUT2D eigenvalue weighted by Crippen LogP contribution is -2.35. The van der Waals surface area contributed by atoms with Crippen LogP contribution in [0.3, 0.4) is 0 Å². The van der Waals surface area contributed by atoms with Crippen LogP contribution in [0.15, 0.2) is 18.2 Å². The molecule has 0 bridgehead atoms. The van der Waals surface area contributed by atoms with Gasteiger partial charge < -0.3 is 4.90 Å². The van der Waals surface area contributed by atoms with Gasteiger partial charge in [-0.05, 0) is 23.6 Å². The van der Waals surface area contributed by atoms with E-state index in [9.17, 15) is 4.79 Å². The Morgan fingerprint density at radius 2 is 1.94 bits per heavy atom. The minimum Gasteiger partial charge on any atom is -0.340 e. The van der Waals surface area contributed by atoms with Crippen LogP contribution in [0.5, 0.6) is 0 Å². The van der Waals surface area contributed by atoms with Gasteiger partial charge in [0.15, 0.2) is 0 Å². The molecule has 2 nitrogen and oxygen atoms in total. The number of nitrogens with zero attached hydrogens (tertiary/aromatic N) is 1. The molecule has 18 heavy (non-hydrogen) atoms. The van der Waals surface area contributed by atoms with Gasteiger partial charge in [-0.15, -0.1) is 0 Å². The van der Waals surface area contributed by atoms with Crippen molar-refractivity contribution in [3.05, 3.63) is 33.8 Å². The zero-order chi connectivity index (χ0) is 13.9. The minimum absolute atomic E-state index is 0.0658. The second-order valence-corrected chi connectivity index (χ2v) is 6.39. The van der Waals surface area contributed by atoms with E-state index in [-0.39, 0.29) is 16.7 Å². The fraction of sp³-hybridized carbons (Fsp3) is 0.462. The van der Waals surface area contributed by atoms with Crippen molar-refractivity contribution in [3.63, 3.8) is 0 Å². The molecule has 1 rings (SSSR count). The first-order valence-electron chi connectivity index (χ1n) is 5.66. The molecule has 0 aliphatic rings. The van der Waals surface area contributed by atoms with Crippen molar-refractivity contribution >= 4 is 45.0 Å². The van der Waals surface area contributed by atoms with Crippen LogP contribution in [0, 0.1) is 5.92 Å². The number of amides is 1. The molecule has 1 aromatic rings. The summed E-state index contributed by atoms with van der Waals surface area (Å²) in [4.78, 5) is 13.6. The average molecular weight is 353 g/mol. The largest absolute Gasteiger partial charge is 0.340 e. The van der Waals surface area contributed by atoms with Gasteiger partial charge in [-0.1, -0.05) is 59.0 Å². The molecule has 1 aromatic carbocycles. The Morgan fingerprint density at radius 3 is 2.44 bits per heavy atom. The maximum atomic E-state index is 12.1. The van der Waals surface area contributed by atoms with Crippen molar-refractivity contribution in [1.29, 1.82) is 0 Å². The highest BCUT2D eigenvalue weighted by Gasteiger charge is 2.22. The maximum absolute atomic E-state index is 12.1. The quantitative estimate of drug-likeness (QED) is 0.736. The summed E-state index contributed by atoms with van der Waals surface area (Å²) in [6, 6.07) is 5.40. The van der Waals surface area contributed by atoms with E-state index < -0.39 is 0 Å². The highest BCUT2D eigenvalue weighted by molar-refractivity contribution is 9.10. The molecule has 1 unspecified atom stereocenters. The summed E-state index contributed by atoms with van der Waals surface area (Å²) in [6.45, 7) is 4.53. The zero-order valence-corrected chi connectivity index (χ0v) is 13.7. The summed E-state index contributed by atoms with van der Waals surface area (Å²) in [5, 5.41) is 1.03. The van der Waals surface area contributed by atoms with Crippen molar-refractivity contribution in [2.45, 2.75) is 25.2 Å². The summed E-state index contributed by atoms with van der Waals surface area (Å²) < 4.78 is 0. The number of alkyl halides is 1. The molecule has 5 heteroatoms. The van der Waals surface area contributed by atoms with Crippen LogP contribution in [0.4, 0.5) is 0 Å². The molecular weight excluding hydrogens is 337 g/mol. The predicted molar refractivity (Wildman–Crippen MR) is 80.5 cm³/mol. The van der Waals surface area contributed by atoms with Crippen LogP contribution in [0.2, 0.25) is 10.0 Å². The summed E-state index contributed by atoms with van der Waals surface area (Å²) in [7, 11) is 1.78. The predicted octanol–water partition coefficient (Wildman–Crippen LogP) is 4.37. The van der Waals surface area contributed by atoms with Gasteiger partial charge in [-0.2, -0.15) is 0 Å². The normalized spacial score (nSPS) is 12.6. The van der Waals surface area contributed by atoms with Crippen molar-refractivity contribution in [2.75, 3.05) is 7.05 Å². The molecular formula is C13H16BrCl2NO. The SMILES string of the molecule is CC(C)C(Br)C(=O)N(C)Cc1ccc(Cl)c(Cl)c1. The van der Waals surface area contributed by atoms with E-state index in [0.29, 0.717) is 16.6 Å². The lowest BCUT2D eigenvalue weighted by Gasteiger charge is -2.22. The van der Waals surface area contributed by atoms with Crippen molar-refractivity contribution in [2.24, 2.45) is 5.92 Å². The van der Waals surface area contributed by atoms with Crippen LogP contribution in [0.25, 0.3) is 0 Å². The van der Waals surface area contributed by atoms with Gasteiger partial charge in [-0.3, -0.25) is 4.79 Å². The van der Waals surface area contributed by atoms with E-state index in [0.717, 1.165) is 5.56 Å². The number of carbonyl (C=O) groups is 1. The lowest BCUT2D eigenvalue weighted by atomic mass is 10.1. The van der Waals surface area contributed by atoms with Gasteiger partial charge in [0.05, 0.1) is 14.9 Å². The van der Waals surface area contributed by atoms with Gasteiger partial charge in [-0.25, -0.2) is 0 Å². The van der Waals surface area contributed by atoms with Crippen LogP contribution >= 0.6 is 39.1 Å². The van der Waals surface area contributed by atoms with E-state index in [2.05, 4.69) is 15.9 Å². The van der Waals surface area contributed by atoms with Crippen LogP contribution in [-0.2, 0) is 11.3 Å². The molecule has 0 aliphatic carbocycles. The van der Waals surface area contributed by atoms with Gasteiger partial charge in [0, 0.05) is 13.6 Å². The number of carbonyl (C=O) groups excluding carboxylic acids is 1. The number of hydrogen-bond donors (Lipinski definition) is 0. The minimum atomic E-state index is -0.162. The summed E-state index contributed by atoms with van der Waals surface area (Å²) in [5.41, 5.74) is 0.962. The Labute approximate surface area is 126 Å². The van der Waals surface area contributed by atoms with Gasteiger partial charge in [0.2, 0.25) is 5.91 Å². The fourth-order valence-corrected chi connectivity index (χ4v) is 2.16. The van der Waals surface area contributed by atoms with E-state index in [1.165, 1.54) is 0 Å². The van der Waals surface area contributed by atoms with Gasteiger partial charge in [0.25, 0.3) is 0 Å².